The van der Waals surface area contributed by atoms with Crippen molar-refractivity contribution >= 4 is 12.7 Å². The molecule has 2 aliphatic heterocycles. The molecule has 0 spiro atoms. The number of aromatic nitrogens is 2. The molecule has 5 nitrogen and oxygen atoms in total. The fourth-order valence-corrected chi connectivity index (χ4v) is 2.17. The Morgan fingerprint density at radius 1 is 1.35 bits per heavy atom. The average Bonchev–Trinajstić information content (AvgIpc) is 2.73. The molecule has 1 aromatic rings. The van der Waals surface area contributed by atoms with Gasteiger partial charge in [-0.05, 0) is 0 Å². The zero-order chi connectivity index (χ0) is 11.9. The molecule has 0 amide bonds. The van der Waals surface area contributed by atoms with Crippen LogP contribution in [0.3, 0.4) is 0 Å². The van der Waals surface area contributed by atoms with Gasteiger partial charge < -0.3 is 18.6 Å². The number of nitrogens with zero attached hydrogens (tertiary/aromatic N) is 2. The smallest absolute Gasteiger partial charge is 0.406 e. The maximum atomic E-state index is 5.78. The standard InChI is InChI=1S/C11H17BN2O3/c1-11(2)7-16-12(17-8-11)9-5-13-10-6-15-4-3-14(9)10/h5H,3-4,6-8H2,1-2H3. The molecule has 0 bridgehead atoms. The molecule has 0 saturated carbocycles. The number of hydrogen-bond donors (Lipinski definition) is 0. The fraction of sp³-hybridized carbons (Fsp3) is 0.727. The molecule has 0 unspecified atom stereocenters. The lowest BCUT2D eigenvalue weighted by Crippen LogP contribution is -2.50. The molecule has 92 valence electrons. The predicted octanol–water partition coefficient (Wildman–Crippen LogP) is 0.181. The minimum absolute atomic E-state index is 0.102. The Bertz CT molecular complexity index is 409. The first-order chi connectivity index (χ1) is 8.16. The Hall–Kier alpha value is -0.845. The molecular weight excluding hydrogens is 219 g/mol. The number of fused-ring (bicyclic) bond motifs is 1. The minimum Gasteiger partial charge on any atom is -0.406 e. The third kappa shape index (κ3) is 2.12. The van der Waals surface area contributed by atoms with Crippen molar-refractivity contribution in [3.63, 3.8) is 0 Å². The lowest BCUT2D eigenvalue weighted by atomic mass is 9.80. The van der Waals surface area contributed by atoms with E-state index in [0.29, 0.717) is 19.8 Å². The van der Waals surface area contributed by atoms with Gasteiger partial charge in [0.05, 0.1) is 12.2 Å². The molecule has 17 heavy (non-hydrogen) atoms. The van der Waals surface area contributed by atoms with E-state index < -0.39 is 0 Å². The summed E-state index contributed by atoms with van der Waals surface area (Å²) in [4.78, 5) is 4.35. The zero-order valence-electron chi connectivity index (χ0n) is 10.3. The van der Waals surface area contributed by atoms with Crippen molar-refractivity contribution in [1.82, 2.24) is 9.55 Å². The summed E-state index contributed by atoms with van der Waals surface area (Å²) in [5, 5.41) is 0. The van der Waals surface area contributed by atoms with Gasteiger partial charge in [-0.25, -0.2) is 4.98 Å². The van der Waals surface area contributed by atoms with Crippen LogP contribution >= 0.6 is 0 Å². The van der Waals surface area contributed by atoms with E-state index in [2.05, 4.69) is 23.4 Å². The summed E-state index contributed by atoms with van der Waals surface area (Å²) in [6, 6.07) is 0. The highest BCUT2D eigenvalue weighted by Crippen LogP contribution is 2.21. The van der Waals surface area contributed by atoms with Gasteiger partial charge in [-0.2, -0.15) is 0 Å². The summed E-state index contributed by atoms with van der Waals surface area (Å²) < 4.78 is 19.1. The van der Waals surface area contributed by atoms with E-state index in [1.807, 2.05) is 6.20 Å². The van der Waals surface area contributed by atoms with Crippen LogP contribution in [0.2, 0.25) is 0 Å². The third-order valence-corrected chi connectivity index (χ3v) is 3.15. The van der Waals surface area contributed by atoms with Crippen molar-refractivity contribution in [2.45, 2.75) is 27.0 Å². The molecule has 1 saturated heterocycles. The second-order valence-electron chi connectivity index (χ2n) is 5.42. The number of rotatable bonds is 1. The highest BCUT2D eigenvalue weighted by Gasteiger charge is 2.36. The fourth-order valence-electron chi connectivity index (χ4n) is 2.17. The first-order valence-electron chi connectivity index (χ1n) is 6.01. The summed E-state index contributed by atoms with van der Waals surface area (Å²) in [7, 11) is -0.276. The third-order valence-electron chi connectivity index (χ3n) is 3.15. The summed E-state index contributed by atoms with van der Waals surface area (Å²) in [5.41, 5.74) is 1.11. The van der Waals surface area contributed by atoms with Crippen molar-refractivity contribution in [2.75, 3.05) is 19.8 Å². The average molecular weight is 236 g/mol. The van der Waals surface area contributed by atoms with Crippen LogP contribution in [-0.2, 0) is 27.2 Å². The van der Waals surface area contributed by atoms with Gasteiger partial charge in [0, 0.05) is 31.4 Å². The Morgan fingerprint density at radius 2 is 2.12 bits per heavy atom. The van der Waals surface area contributed by atoms with Crippen LogP contribution in [0.1, 0.15) is 19.7 Å². The first kappa shape index (κ1) is 11.3. The molecule has 0 atom stereocenters. The Kier molecular flexibility index (Phi) is 2.73. The van der Waals surface area contributed by atoms with Crippen LogP contribution < -0.4 is 5.59 Å². The molecule has 1 fully saturated rings. The normalized spacial score (nSPS) is 23.5. The SMILES string of the molecule is CC1(C)COB(c2cnc3n2CCOC3)OC1. The van der Waals surface area contributed by atoms with E-state index in [9.17, 15) is 0 Å². The van der Waals surface area contributed by atoms with Crippen LogP contribution in [0.4, 0.5) is 0 Å². The van der Waals surface area contributed by atoms with E-state index in [1.165, 1.54) is 0 Å². The number of ether oxygens (including phenoxy) is 1. The molecule has 0 aliphatic carbocycles. The lowest BCUT2D eigenvalue weighted by molar-refractivity contribution is 0.0329. The van der Waals surface area contributed by atoms with Crippen LogP contribution in [-0.4, -0.2) is 36.5 Å². The predicted molar refractivity (Wildman–Crippen MR) is 63.0 cm³/mol. The van der Waals surface area contributed by atoms with Gasteiger partial charge in [0.25, 0.3) is 0 Å². The molecule has 1 aromatic heterocycles. The highest BCUT2D eigenvalue weighted by atomic mass is 16.6. The number of hydrogen-bond acceptors (Lipinski definition) is 4. The zero-order valence-corrected chi connectivity index (χ0v) is 10.3. The topological polar surface area (TPSA) is 45.5 Å². The molecule has 0 radical (unpaired) electrons. The monoisotopic (exact) mass is 236 g/mol. The summed E-state index contributed by atoms with van der Waals surface area (Å²) in [6.45, 7) is 7.86. The molecule has 2 aliphatic rings. The van der Waals surface area contributed by atoms with Crippen molar-refractivity contribution in [3.05, 3.63) is 12.0 Å². The second-order valence-corrected chi connectivity index (χ2v) is 5.42. The van der Waals surface area contributed by atoms with Crippen molar-refractivity contribution < 1.29 is 14.0 Å². The Balaban J connectivity index is 1.79. The van der Waals surface area contributed by atoms with E-state index in [0.717, 1.165) is 24.6 Å². The van der Waals surface area contributed by atoms with Crippen molar-refractivity contribution in [1.29, 1.82) is 0 Å². The molecule has 0 aromatic carbocycles. The molecule has 3 heterocycles. The van der Waals surface area contributed by atoms with Gasteiger partial charge in [0.15, 0.2) is 0 Å². The largest absolute Gasteiger partial charge is 0.513 e. The van der Waals surface area contributed by atoms with Gasteiger partial charge in [-0.3, -0.25) is 0 Å². The second kappa shape index (κ2) is 4.12. The summed E-state index contributed by atoms with van der Waals surface area (Å²) in [6.07, 6.45) is 1.84. The lowest BCUT2D eigenvalue weighted by Gasteiger charge is -2.33. The number of imidazole rings is 1. The van der Waals surface area contributed by atoms with Crippen LogP contribution in [0.15, 0.2) is 6.20 Å². The van der Waals surface area contributed by atoms with E-state index in [4.69, 9.17) is 14.0 Å². The summed E-state index contributed by atoms with van der Waals surface area (Å²) >= 11 is 0. The molecule has 0 N–H and O–H groups in total. The summed E-state index contributed by atoms with van der Waals surface area (Å²) in [5.74, 6) is 0.961. The minimum atomic E-state index is -0.276. The van der Waals surface area contributed by atoms with Crippen molar-refractivity contribution in [3.8, 4) is 0 Å². The van der Waals surface area contributed by atoms with Crippen LogP contribution in [0.25, 0.3) is 0 Å². The van der Waals surface area contributed by atoms with Crippen LogP contribution in [0.5, 0.6) is 0 Å². The first-order valence-corrected chi connectivity index (χ1v) is 6.01. The van der Waals surface area contributed by atoms with Crippen LogP contribution in [0, 0.1) is 5.41 Å². The van der Waals surface area contributed by atoms with Gasteiger partial charge >= 0.3 is 7.12 Å². The highest BCUT2D eigenvalue weighted by molar-refractivity contribution is 6.60. The van der Waals surface area contributed by atoms with E-state index in [-0.39, 0.29) is 12.5 Å². The Morgan fingerprint density at radius 3 is 2.88 bits per heavy atom. The molecule has 3 rings (SSSR count). The van der Waals surface area contributed by atoms with Gasteiger partial charge in [-0.1, -0.05) is 13.8 Å². The van der Waals surface area contributed by atoms with Crippen molar-refractivity contribution in [2.24, 2.45) is 5.41 Å². The Labute approximate surface area is 101 Å². The maximum absolute atomic E-state index is 5.78. The van der Waals surface area contributed by atoms with Gasteiger partial charge in [0.1, 0.15) is 12.4 Å². The quantitative estimate of drug-likeness (QED) is 0.652. The maximum Gasteiger partial charge on any atom is 0.513 e. The van der Waals surface area contributed by atoms with Gasteiger partial charge in [0.2, 0.25) is 0 Å². The molecule has 6 heteroatoms. The van der Waals surface area contributed by atoms with E-state index >= 15 is 0 Å². The van der Waals surface area contributed by atoms with E-state index in [1.54, 1.807) is 0 Å². The molecular formula is C11H17BN2O3. The van der Waals surface area contributed by atoms with Gasteiger partial charge in [-0.15, -0.1) is 0 Å².